The topological polar surface area (TPSA) is 138 Å². The zero-order chi connectivity index (χ0) is 29.4. The van der Waals surface area contributed by atoms with E-state index in [-0.39, 0.29) is 58.8 Å². The molecule has 2 aliphatic rings. The number of nitrogens with zero attached hydrogens (tertiary/aromatic N) is 4. The van der Waals surface area contributed by atoms with Gasteiger partial charge in [-0.05, 0) is 56.9 Å². The van der Waals surface area contributed by atoms with Crippen LogP contribution in [0.1, 0.15) is 38.3 Å². The normalized spacial score (nSPS) is 17.0. The second-order valence-electron chi connectivity index (χ2n) is 10.5. The number of rotatable bonds is 6. The van der Waals surface area contributed by atoms with E-state index >= 15 is 4.39 Å². The third-order valence-corrected chi connectivity index (χ3v) is 7.47. The van der Waals surface area contributed by atoms with E-state index in [0.717, 1.165) is 18.9 Å². The van der Waals surface area contributed by atoms with Crippen LogP contribution in [0.15, 0.2) is 39.9 Å². The number of benzene rings is 2. The lowest BCUT2D eigenvalue weighted by atomic mass is 10.2. The second kappa shape index (κ2) is 11.3. The lowest BCUT2D eigenvalue weighted by Crippen LogP contribution is -2.51. The van der Waals surface area contributed by atoms with E-state index in [1.807, 2.05) is 6.07 Å². The van der Waals surface area contributed by atoms with Crippen molar-refractivity contribution < 1.29 is 18.7 Å². The van der Waals surface area contributed by atoms with Crippen molar-refractivity contribution in [3.63, 3.8) is 0 Å². The van der Waals surface area contributed by atoms with Crippen LogP contribution in [-0.2, 0) is 16.1 Å². The Morgan fingerprint density at radius 1 is 1.20 bits per heavy atom. The molecule has 1 atom stereocenters. The number of urea groups is 1. The predicted octanol–water partition coefficient (Wildman–Crippen LogP) is 3.69. The molecule has 3 aromatic rings. The van der Waals surface area contributed by atoms with Gasteiger partial charge in [-0.15, -0.1) is 0 Å². The summed E-state index contributed by atoms with van der Waals surface area (Å²) < 4.78 is 23.4. The fourth-order valence-electron chi connectivity index (χ4n) is 4.81. The first-order chi connectivity index (χ1) is 19.6. The van der Waals surface area contributed by atoms with Crippen molar-refractivity contribution in [2.45, 2.75) is 45.4 Å². The van der Waals surface area contributed by atoms with Crippen LogP contribution in [0.4, 0.5) is 20.6 Å². The van der Waals surface area contributed by atoms with Crippen LogP contribution in [0.5, 0.6) is 0 Å². The molecule has 2 heterocycles. The fourth-order valence-corrected chi connectivity index (χ4v) is 5.03. The number of morpholine rings is 1. The quantitative estimate of drug-likeness (QED) is 0.454. The molecule has 3 amide bonds. The van der Waals surface area contributed by atoms with Gasteiger partial charge < -0.3 is 20.3 Å². The summed E-state index contributed by atoms with van der Waals surface area (Å²) in [6.45, 7) is 3.95. The summed E-state index contributed by atoms with van der Waals surface area (Å²) in [7, 11) is 0. The summed E-state index contributed by atoms with van der Waals surface area (Å²) in [5, 5.41) is 14.5. The fraction of sp³-hybridized carbons (Fsp3) is 0.393. The minimum absolute atomic E-state index is 0.0619. The minimum atomic E-state index is -1.01. The van der Waals surface area contributed by atoms with Gasteiger partial charge in [0.15, 0.2) is 6.10 Å². The van der Waals surface area contributed by atoms with Gasteiger partial charge in [-0.2, -0.15) is 5.26 Å². The van der Waals surface area contributed by atoms with Crippen LogP contribution >= 0.6 is 11.6 Å². The number of hydrogen-bond donors (Lipinski definition) is 2. The van der Waals surface area contributed by atoms with Gasteiger partial charge in [0.25, 0.3) is 11.5 Å². The third kappa shape index (κ3) is 5.82. The van der Waals surface area contributed by atoms with Crippen molar-refractivity contribution in [3.05, 3.63) is 67.6 Å². The van der Waals surface area contributed by atoms with E-state index in [1.165, 1.54) is 38.3 Å². The average molecular weight is 583 g/mol. The Morgan fingerprint density at radius 3 is 2.61 bits per heavy atom. The standard InChI is InChI=1S/C28H28ClFN6O5/c1-15(2)36-23-11-21(30)22(10-19(23)26(38)35(28(36)40)13-16-3-4-16)33-27(39)34-7-8-41-24(14-34)25(37)32-18-6-5-17(12-31)20(29)9-18/h5-6,9-11,15-16,24H,3-4,7-8,13-14H2,1-2H3,(H,32,37)(H,33,39)/t24-/m1/s1. The van der Waals surface area contributed by atoms with Gasteiger partial charge >= 0.3 is 11.7 Å². The maximum atomic E-state index is 15.2. The zero-order valence-corrected chi connectivity index (χ0v) is 23.2. The van der Waals surface area contributed by atoms with Crippen molar-refractivity contribution in [2.24, 2.45) is 5.92 Å². The molecule has 0 spiro atoms. The maximum Gasteiger partial charge on any atom is 0.331 e. The Morgan fingerprint density at radius 2 is 1.95 bits per heavy atom. The molecule has 2 fully saturated rings. The summed E-state index contributed by atoms with van der Waals surface area (Å²) in [5.74, 6) is -1.07. The molecule has 13 heteroatoms. The Hall–Kier alpha value is -4.21. The van der Waals surface area contributed by atoms with E-state index in [1.54, 1.807) is 13.8 Å². The molecule has 5 rings (SSSR count). The van der Waals surface area contributed by atoms with Gasteiger partial charge in [0.1, 0.15) is 11.9 Å². The number of anilines is 2. The van der Waals surface area contributed by atoms with Gasteiger partial charge in [-0.1, -0.05) is 11.6 Å². The molecule has 2 aromatic carbocycles. The lowest BCUT2D eigenvalue weighted by molar-refractivity contribution is -0.131. The van der Waals surface area contributed by atoms with Crippen LogP contribution in [-0.4, -0.2) is 51.8 Å². The molecule has 1 saturated heterocycles. The Labute approximate surface area is 239 Å². The predicted molar refractivity (Wildman–Crippen MR) is 151 cm³/mol. The summed E-state index contributed by atoms with van der Waals surface area (Å²) >= 11 is 6.03. The van der Waals surface area contributed by atoms with Crippen molar-refractivity contribution in [3.8, 4) is 6.07 Å². The Kier molecular flexibility index (Phi) is 7.84. The molecular weight excluding hydrogens is 555 g/mol. The SMILES string of the molecule is CC(C)n1c(=O)n(CC2CC2)c(=O)c2cc(NC(=O)N3CCO[C@@H](C(=O)Nc4ccc(C#N)c(Cl)c4)C3)c(F)cc21. The van der Waals surface area contributed by atoms with Gasteiger partial charge in [0.2, 0.25) is 0 Å². The highest BCUT2D eigenvalue weighted by molar-refractivity contribution is 6.32. The van der Waals surface area contributed by atoms with Crippen molar-refractivity contribution in [2.75, 3.05) is 30.3 Å². The molecule has 214 valence electrons. The summed E-state index contributed by atoms with van der Waals surface area (Å²) in [6.07, 6.45) is 0.868. The van der Waals surface area contributed by atoms with Gasteiger partial charge in [0.05, 0.1) is 40.3 Å². The number of carbonyl (C=O) groups is 2. The van der Waals surface area contributed by atoms with E-state index in [4.69, 9.17) is 21.6 Å². The van der Waals surface area contributed by atoms with E-state index in [2.05, 4.69) is 10.6 Å². The first-order valence-corrected chi connectivity index (χ1v) is 13.6. The van der Waals surface area contributed by atoms with Crippen LogP contribution in [0.2, 0.25) is 5.02 Å². The molecule has 41 heavy (non-hydrogen) atoms. The summed E-state index contributed by atoms with van der Waals surface area (Å²) in [4.78, 5) is 53.6. The molecule has 1 saturated carbocycles. The van der Waals surface area contributed by atoms with E-state index in [9.17, 15) is 19.2 Å². The first kappa shape index (κ1) is 28.3. The lowest BCUT2D eigenvalue weighted by Gasteiger charge is -2.32. The first-order valence-electron chi connectivity index (χ1n) is 13.2. The monoisotopic (exact) mass is 582 g/mol. The number of nitrogens with one attached hydrogen (secondary N) is 2. The van der Waals surface area contributed by atoms with Gasteiger partial charge in [-0.3, -0.25) is 18.7 Å². The molecule has 1 aromatic heterocycles. The number of aromatic nitrogens is 2. The zero-order valence-electron chi connectivity index (χ0n) is 22.4. The van der Waals surface area contributed by atoms with Crippen molar-refractivity contribution in [1.82, 2.24) is 14.0 Å². The number of fused-ring (bicyclic) bond motifs is 1. The smallest absolute Gasteiger partial charge is 0.331 e. The Bertz CT molecular complexity index is 1710. The number of nitriles is 1. The third-order valence-electron chi connectivity index (χ3n) is 7.16. The molecule has 0 bridgehead atoms. The highest BCUT2D eigenvalue weighted by atomic mass is 35.5. The van der Waals surface area contributed by atoms with Gasteiger partial charge in [-0.25, -0.2) is 14.0 Å². The molecule has 0 radical (unpaired) electrons. The number of hydrogen-bond acceptors (Lipinski definition) is 6. The second-order valence-corrected chi connectivity index (χ2v) is 10.9. The number of amides is 3. The van der Waals surface area contributed by atoms with Crippen LogP contribution in [0.3, 0.4) is 0 Å². The molecule has 2 N–H and O–H groups in total. The highest BCUT2D eigenvalue weighted by Crippen LogP contribution is 2.30. The van der Waals surface area contributed by atoms with Crippen LogP contribution in [0.25, 0.3) is 10.9 Å². The van der Waals surface area contributed by atoms with Crippen LogP contribution < -0.4 is 21.9 Å². The largest absolute Gasteiger partial charge is 0.365 e. The maximum absolute atomic E-state index is 15.2. The molecule has 1 aliphatic heterocycles. The summed E-state index contributed by atoms with van der Waals surface area (Å²) in [6, 6.07) is 7.71. The summed E-state index contributed by atoms with van der Waals surface area (Å²) in [5.41, 5.74) is -0.460. The minimum Gasteiger partial charge on any atom is -0.365 e. The number of carbonyl (C=O) groups excluding carboxylic acids is 2. The highest BCUT2D eigenvalue weighted by Gasteiger charge is 2.30. The molecule has 0 unspecified atom stereocenters. The van der Waals surface area contributed by atoms with Gasteiger partial charge in [0, 0.05) is 30.9 Å². The Balaban J connectivity index is 1.35. The van der Waals surface area contributed by atoms with E-state index < -0.39 is 35.1 Å². The van der Waals surface area contributed by atoms with Crippen molar-refractivity contribution >= 4 is 45.8 Å². The van der Waals surface area contributed by atoms with Crippen LogP contribution in [0, 0.1) is 23.1 Å². The molecule has 1 aliphatic carbocycles. The van der Waals surface area contributed by atoms with Crippen molar-refractivity contribution in [1.29, 1.82) is 5.26 Å². The molecular formula is C28H28ClFN6O5. The molecule has 11 nitrogen and oxygen atoms in total. The number of halogens is 2. The number of ether oxygens (including phenoxy) is 1. The van der Waals surface area contributed by atoms with E-state index in [0.29, 0.717) is 12.2 Å². The average Bonchev–Trinajstić information content (AvgIpc) is 3.76.